The van der Waals surface area contributed by atoms with Gasteiger partial charge in [-0.25, -0.2) is 4.79 Å². The van der Waals surface area contributed by atoms with Gasteiger partial charge in [0.05, 0.1) is 12.0 Å². The van der Waals surface area contributed by atoms with Gasteiger partial charge in [-0.2, -0.15) is 10.9 Å². The molecule has 0 fully saturated rings. The number of carbonyl (C=O) groups excluding carboxylic acids is 6. The molecule has 0 saturated heterocycles. The van der Waals surface area contributed by atoms with Crippen molar-refractivity contribution in [3.8, 4) is 11.1 Å². The van der Waals surface area contributed by atoms with Crippen molar-refractivity contribution in [1.29, 1.82) is 0 Å². The summed E-state index contributed by atoms with van der Waals surface area (Å²) >= 11 is 0. The average Bonchev–Trinajstić information content (AvgIpc) is 3.13. The summed E-state index contributed by atoms with van der Waals surface area (Å²) in [6.45, 7) is 5.71. The molecule has 0 aliphatic rings. The number of amides is 6. The van der Waals surface area contributed by atoms with Gasteiger partial charge in [-0.3, -0.25) is 24.0 Å². The van der Waals surface area contributed by atoms with E-state index in [1.807, 2.05) is 68.4 Å². The molecule has 0 saturated carbocycles. The van der Waals surface area contributed by atoms with Gasteiger partial charge in [-0.05, 0) is 98.8 Å². The van der Waals surface area contributed by atoms with E-state index in [4.69, 9.17) is 17.2 Å². The van der Waals surface area contributed by atoms with Crippen LogP contribution in [0.3, 0.4) is 0 Å². The number of hydrogen-bond donors (Lipinski definition) is 8. The van der Waals surface area contributed by atoms with Crippen LogP contribution in [-0.2, 0) is 30.4 Å². The smallest absolute Gasteiger partial charge is 0.312 e. The van der Waals surface area contributed by atoms with Crippen molar-refractivity contribution in [2.45, 2.75) is 89.9 Å². The number of nitrogens with two attached hydrogens (primary N) is 3. The first-order valence-electron chi connectivity index (χ1n) is 18.3. The van der Waals surface area contributed by atoms with Crippen LogP contribution in [0.2, 0.25) is 0 Å². The molecule has 0 radical (unpaired) electrons. The minimum atomic E-state index is -1.10. The molecule has 296 valence electrons. The molecule has 11 N–H and O–H groups in total. The summed E-state index contributed by atoms with van der Waals surface area (Å²) in [6, 6.07) is 13.1. The summed E-state index contributed by atoms with van der Waals surface area (Å²) in [6.07, 6.45) is 1.80. The Bertz CT molecular complexity index is 1580. The molecule has 0 heterocycles. The van der Waals surface area contributed by atoms with Crippen LogP contribution in [-0.4, -0.2) is 90.5 Å². The third-order valence-corrected chi connectivity index (χ3v) is 9.17. The van der Waals surface area contributed by atoms with E-state index in [0.29, 0.717) is 12.8 Å². The van der Waals surface area contributed by atoms with Gasteiger partial charge in [-0.15, -0.1) is 0 Å². The van der Waals surface area contributed by atoms with E-state index in [0.717, 1.165) is 27.6 Å². The van der Waals surface area contributed by atoms with Gasteiger partial charge < -0.3 is 43.8 Å². The topological polar surface area (TPSA) is 241 Å². The predicted octanol–water partition coefficient (Wildman–Crippen LogP) is 1.59. The van der Waals surface area contributed by atoms with Crippen molar-refractivity contribution in [3.05, 3.63) is 60.2 Å². The molecule has 6 amide bonds. The summed E-state index contributed by atoms with van der Waals surface area (Å²) in [4.78, 5) is 78.0. The summed E-state index contributed by atoms with van der Waals surface area (Å²) in [5, 5.41) is 15.2. The van der Waals surface area contributed by atoms with E-state index >= 15 is 0 Å². The van der Waals surface area contributed by atoms with Crippen molar-refractivity contribution in [1.82, 2.24) is 26.6 Å². The zero-order valence-corrected chi connectivity index (χ0v) is 32.4. The maximum atomic E-state index is 13.9. The molecule has 5 atom stereocenters. The highest BCUT2D eigenvalue weighted by Gasteiger charge is 2.31. The number of benzene rings is 2. The number of primary amides is 1. The molecular formula is C39H58N8O6S. The number of ketones is 1. The summed E-state index contributed by atoms with van der Waals surface area (Å²) in [5.74, 6) is 0.697. The predicted molar refractivity (Wildman–Crippen MR) is 216 cm³/mol. The first-order chi connectivity index (χ1) is 25.8. The van der Waals surface area contributed by atoms with E-state index < -0.39 is 59.7 Å². The van der Waals surface area contributed by atoms with E-state index in [1.165, 1.54) is 6.92 Å². The minimum absolute atomic E-state index is 0.0000534. The first-order valence-corrected chi connectivity index (χ1v) is 19.4. The molecule has 54 heavy (non-hydrogen) atoms. The van der Waals surface area contributed by atoms with Crippen LogP contribution in [0.25, 0.3) is 11.1 Å². The van der Waals surface area contributed by atoms with Crippen LogP contribution in [0.5, 0.6) is 0 Å². The van der Waals surface area contributed by atoms with Crippen molar-refractivity contribution in [2.24, 2.45) is 29.0 Å². The van der Waals surface area contributed by atoms with Crippen molar-refractivity contribution in [2.75, 3.05) is 19.6 Å². The lowest BCUT2D eigenvalue weighted by Crippen LogP contribution is -2.58. The largest absolute Gasteiger partial charge is 0.352 e. The maximum Gasteiger partial charge on any atom is 0.312 e. The van der Waals surface area contributed by atoms with Gasteiger partial charge in [0.25, 0.3) is 0 Å². The summed E-state index contributed by atoms with van der Waals surface area (Å²) < 4.78 is 0. The molecule has 2 rings (SSSR count). The number of carbonyl (C=O) groups is 6. The Balaban J connectivity index is 2.28. The Morgan fingerprint density at radius 2 is 1.24 bits per heavy atom. The number of nitrogens with one attached hydrogen (secondary N) is 5. The monoisotopic (exact) mass is 766 g/mol. The Labute approximate surface area is 322 Å². The van der Waals surface area contributed by atoms with Crippen LogP contribution >= 0.6 is 10.9 Å². The second-order valence-corrected chi connectivity index (χ2v) is 14.2. The number of rotatable bonds is 24. The van der Waals surface area contributed by atoms with Crippen molar-refractivity contribution < 1.29 is 28.8 Å². The first kappa shape index (κ1) is 45.3. The Morgan fingerprint density at radius 3 is 1.78 bits per heavy atom. The van der Waals surface area contributed by atoms with E-state index in [2.05, 4.69) is 32.5 Å². The van der Waals surface area contributed by atoms with Crippen molar-refractivity contribution in [3.63, 3.8) is 0 Å². The molecule has 0 spiro atoms. The van der Waals surface area contributed by atoms with Gasteiger partial charge in [0.2, 0.25) is 23.6 Å². The number of hydrogen-bond acceptors (Lipinski definition) is 8. The lowest BCUT2D eigenvalue weighted by Gasteiger charge is -2.27. The van der Waals surface area contributed by atoms with Gasteiger partial charge in [-0.1, -0.05) is 68.4 Å². The molecule has 2 aromatic rings. The lowest BCUT2D eigenvalue weighted by molar-refractivity contribution is -0.135. The second kappa shape index (κ2) is 24.5. The average molecular weight is 767 g/mol. The normalized spacial score (nSPS) is 13.7. The van der Waals surface area contributed by atoms with E-state index in [9.17, 15) is 28.8 Å². The van der Waals surface area contributed by atoms with Crippen molar-refractivity contribution >= 4 is 57.6 Å². The SMILES string of the molecule is C=S=C[C@@H](Cc1ccc(-c2ccccc2)cc1)C(=O)N[C@@H](CCCNC(N)=O)C(=O)N[C@@H](CCCN)C(=O)N[C@H](CC(C)C)C(=O)N[C@@H](CCN)C(C)=O. The third kappa shape index (κ3) is 16.4. The van der Waals surface area contributed by atoms with E-state index in [-0.39, 0.29) is 63.4 Å². The van der Waals surface area contributed by atoms with Gasteiger partial charge in [0.15, 0.2) is 5.78 Å². The molecule has 0 aliphatic carbocycles. The third-order valence-electron chi connectivity index (χ3n) is 8.65. The quantitative estimate of drug-likeness (QED) is 0.0575. The maximum absolute atomic E-state index is 13.9. The molecule has 0 aromatic heterocycles. The molecule has 0 bridgehead atoms. The minimum Gasteiger partial charge on any atom is -0.352 e. The van der Waals surface area contributed by atoms with E-state index in [1.54, 1.807) is 5.37 Å². The highest BCUT2D eigenvalue weighted by molar-refractivity contribution is 7.94. The fraction of sp³-hybridized carbons (Fsp3) is 0.487. The van der Waals surface area contributed by atoms with Crippen LogP contribution < -0.4 is 43.8 Å². The molecule has 0 aliphatic heterocycles. The highest BCUT2D eigenvalue weighted by atomic mass is 32.1. The molecule has 2 aromatic carbocycles. The van der Waals surface area contributed by atoms with Crippen LogP contribution in [0, 0.1) is 11.8 Å². The van der Waals surface area contributed by atoms with Crippen LogP contribution in [0.4, 0.5) is 4.79 Å². The number of Topliss-reactive ketones (excluding diaryl/α,β-unsaturated/α-hetero) is 1. The van der Waals surface area contributed by atoms with Crippen LogP contribution in [0.15, 0.2) is 54.6 Å². The summed E-state index contributed by atoms with van der Waals surface area (Å²) in [5.41, 5.74) is 19.6. The number of urea groups is 1. The molecular weight excluding hydrogens is 709 g/mol. The Morgan fingerprint density at radius 1 is 0.704 bits per heavy atom. The molecule has 14 nitrogen and oxygen atoms in total. The fourth-order valence-electron chi connectivity index (χ4n) is 5.76. The van der Waals surface area contributed by atoms with Crippen LogP contribution in [0.1, 0.15) is 64.9 Å². The standard InChI is InChI=1S/C39H58N8O6S/c1-25(2)22-34(38(52)44-31(18-20-41)26(3)48)47-37(51)32(12-8-19-40)46-36(50)33(13-9-21-43-39(42)53)45-35(49)30(24-54-4)23-27-14-16-29(17-15-27)28-10-6-5-7-11-28/h5-7,10-11,14-17,24-25,30-34H,4,8-9,12-13,18-23,40-41H2,1-3H3,(H,44,52)(H,45,49)(H,46,50)(H,47,51)(H3,42,43,53)/t30-,31+,32+,33+,34-/m1/s1. The zero-order chi connectivity index (χ0) is 40.0. The molecule has 15 heteroatoms. The fourth-order valence-corrected chi connectivity index (χ4v) is 6.21. The molecule has 0 unspecified atom stereocenters. The van der Waals surface area contributed by atoms with Gasteiger partial charge in [0.1, 0.15) is 18.1 Å². The Hall–Kier alpha value is -4.86. The zero-order valence-electron chi connectivity index (χ0n) is 31.6. The highest BCUT2D eigenvalue weighted by Crippen LogP contribution is 2.20. The lowest BCUT2D eigenvalue weighted by atomic mass is 9.97. The van der Waals surface area contributed by atoms with Gasteiger partial charge >= 0.3 is 6.03 Å². The van der Waals surface area contributed by atoms with Gasteiger partial charge in [0, 0.05) is 6.54 Å². The summed E-state index contributed by atoms with van der Waals surface area (Å²) in [7, 11) is 1.14. The Kier molecular flexibility index (Phi) is 20.5. The second-order valence-electron chi connectivity index (χ2n) is 13.6.